The molecule has 1 aromatic rings. The van der Waals surface area contributed by atoms with E-state index in [0.717, 1.165) is 55.9 Å². The van der Waals surface area contributed by atoms with Gasteiger partial charge in [0.25, 0.3) is 0 Å². The highest BCUT2D eigenvalue weighted by atomic mass is 16.6. The molecule has 1 aliphatic heterocycles. The Morgan fingerprint density at radius 3 is 2.23 bits per heavy atom. The summed E-state index contributed by atoms with van der Waals surface area (Å²) in [6, 6.07) is 7.63. The Labute approximate surface area is 239 Å². The van der Waals surface area contributed by atoms with Gasteiger partial charge in [-0.1, -0.05) is 57.4 Å². The van der Waals surface area contributed by atoms with Crippen LogP contribution in [0.2, 0.25) is 0 Å². The number of urea groups is 1. The Kier molecular flexibility index (Phi) is 13.2. The normalized spacial score (nSPS) is 16.8. The lowest BCUT2D eigenvalue weighted by molar-refractivity contribution is -0.116. The molecule has 2 atom stereocenters. The number of amides is 3. The van der Waals surface area contributed by atoms with E-state index in [1.54, 1.807) is 4.90 Å². The van der Waals surface area contributed by atoms with E-state index in [9.17, 15) is 14.4 Å². The summed E-state index contributed by atoms with van der Waals surface area (Å²) in [7, 11) is 0. The summed E-state index contributed by atoms with van der Waals surface area (Å²) in [5.74, 6) is -0.0574. The first-order valence-electron chi connectivity index (χ1n) is 14.7. The van der Waals surface area contributed by atoms with Gasteiger partial charge >= 0.3 is 12.1 Å². The second-order valence-electron chi connectivity index (χ2n) is 11.7. The van der Waals surface area contributed by atoms with Gasteiger partial charge in [-0.3, -0.25) is 5.41 Å². The van der Waals surface area contributed by atoms with Gasteiger partial charge in [-0.05, 0) is 57.6 Å². The Bertz CT molecular complexity index is 962. The molecular formula is C30H50N6O4. The Balaban J connectivity index is 1.96. The topological polar surface area (TPSA) is 136 Å². The van der Waals surface area contributed by atoms with Crippen molar-refractivity contribution in [2.75, 3.05) is 19.6 Å². The van der Waals surface area contributed by atoms with Gasteiger partial charge in [-0.15, -0.1) is 0 Å². The number of piperidine rings is 1. The Morgan fingerprint density at radius 1 is 1.02 bits per heavy atom. The lowest BCUT2D eigenvalue weighted by Gasteiger charge is -2.43. The highest BCUT2D eigenvalue weighted by Gasteiger charge is 2.42. The molecule has 5 N–H and O–H groups in total. The standard InChI is InChI=1S/C30H50N6O4/c1-6-8-16-30(22-37,25-11-10-18-36(21-25)28(39)40-29(3,4)5)35-26(31)33-19-23-12-14-24(15-13-23)20-34-27(38)32-17-9-7-2/h12-15,22,25H,6-11,16-21H2,1-5H3,(H3,31,33,35)(H2,32,34,38). The number of hydrogen-bond acceptors (Lipinski definition) is 5. The number of hydrogen-bond donors (Lipinski definition) is 5. The van der Waals surface area contributed by atoms with E-state index >= 15 is 0 Å². The molecule has 1 fully saturated rings. The molecule has 0 aliphatic carbocycles. The Morgan fingerprint density at radius 2 is 1.65 bits per heavy atom. The van der Waals surface area contributed by atoms with Crippen molar-refractivity contribution in [1.29, 1.82) is 5.41 Å². The number of aldehydes is 1. The van der Waals surface area contributed by atoms with Crippen molar-refractivity contribution in [3.63, 3.8) is 0 Å². The number of carbonyl (C=O) groups is 3. The van der Waals surface area contributed by atoms with Crippen molar-refractivity contribution in [1.82, 2.24) is 26.2 Å². The average molecular weight is 559 g/mol. The van der Waals surface area contributed by atoms with E-state index in [4.69, 9.17) is 10.1 Å². The number of ether oxygens (including phenoxy) is 1. The first-order chi connectivity index (χ1) is 19.0. The molecule has 2 unspecified atom stereocenters. The van der Waals surface area contributed by atoms with Gasteiger partial charge in [0.1, 0.15) is 17.4 Å². The van der Waals surface area contributed by atoms with Gasteiger partial charge in [-0.2, -0.15) is 0 Å². The quantitative estimate of drug-likeness (QED) is 0.103. The number of nitrogens with one attached hydrogen (secondary N) is 5. The molecule has 2 rings (SSSR count). The molecule has 10 heteroatoms. The van der Waals surface area contributed by atoms with E-state index in [0.29, 0.717) is 39.1 Å². The van der Waals surface area contributed by atoms with Gasteiger partial charge in [0.2, 0.25) is 0 Å². The van der Waals surface area contributed by atoms with Crippen LogP contribution in [0.15, 0.2) is 24.3 Å². The zero-order chi connectivity index (χ0) is 29.6. The first-order valence-corrected chi connectivity index (χ1v) is 14.7. The Hall–Kier alpha value is -3.30. The second kappa shape index (κ2) is 16.1. The second-order valence-corrected chi connectivity index (χ2v) is 11.7. The average Bonchev–Trinajstić information content (AvgIpc) is 2.93. The van der Waals surface area contributed by atoms with E-state index in [-0.39, 0.29) is 24.0 Å². The lowest BCUT2D eigenvalue weighted by atomic mass is 9.76. The highest BCUT2D eigenvalue weighted by Crippen LogP contribution is 2.31. The molecule has 224 valence electrons. The fraction of sp³-hybridized carbons (Fsp3) is 0.667. The third-order valence-corrected chi connectivity index (χ3v) is 7.07. The van der Waals surface area contributed by atoms with Crippen molar-refractivity contribution in [2.45, 2.75) is 104 Å². The first kappa shape index (κ1) is 32.9. The smallest absolute Gasteiger partial charge is 0.410 e. The van der Waals surface area contributed by atoms with Crippen molar-refractivity contribution < 1.29 is 19.1 Å². The summed E-state index contributed by atoms with van der Waals surface area (Å²) in [6.07, 6.45) is 6.44. The molecule has 3 amide bonds. The summed E-state index contributed by atoms with van der Waals surface area (Å²) in [4.78, 5) is 38.9. The van der Waals surface area contributed by atoms with Crippen molar-refractivity contribution in [3.05, 3.63) is 35.4 Å². The van der Waals surface area contributed by atoms with E-state index in [1.165, 1.54) is 0 Å². The highest BCUT2D eigenvalue weighted by molar-refractivity contribution is 5.82. The molecule has 10 nitrogen and oxygen atoms in total. The van der Waals surface area contributed by atoms with Crippen LogP contribution in [-0.4, -0.2) is 60.0 Å². The van der Waals surface area contributed by atoms with Crippen LogP contribution < -0.4 is 21.3 Å². The van der Waals surface area contributed by atoms with E-state index < -0.39 is 11.1 Å². The van der Waals surface area contributed by atoms with Crippen LogP contribution in [0.1, 0.15) is 90.7 Å². The zero-order valence-electron chi connectivity index (χ0n) is 25.0. The van der Waals surface area contributed by atoms with Crippen LogP contribution in [0.4, 0.5) is 9.59 Å². The van der Waals surface area contributed by atoms with Crippen LogP contribution in [0, 0.1) is 11.3 Å². The largest absolute Gasteiger partial charge is 0.444 e. The summed E-state index contributed by atoms with van der Waals surface area (Å²) in [5, 5.41) is 20.6. The molecule has 1 aliphatic rings. The minimum absolute atomic E-state index is 0.0760. The molecule has 0 bridgehead atoms. The van der Waals surface area contributed by atoms with Crippen LogP contribution in [0.5, 0.6) is 0 Å². The third kappa shape index (κ3) is 11.1. The minimum atomic E-state index is -0.950. The number of guanidine groups is 1. The summed E-state index contributed by atoms with van der Waals surface area (Å²) in [5.41, 5.74) is 0.417. The van der Waals surface area contributed by atoms with E-state index in [2.05, 4.69) is 35.1 Å². The molecule has 0 saturated carbocycles. The number of nitrogens with zero attached hydrogens (tertiary/aromatic N) is 1. The maximum Gasteiger partial charge on any atom is 0.410 e. The molecule has 40 heavy (non-hydrogen) atoms. The van der Waals surface area contributed by atoms with Gasteiger partial charge in [0.05, 0.1) is 0 Å². The molecule has 1 aromatic carbocycles. The molecule has 0 radical (unpaired) electrons. The number of likely N-dealkylation sites (tertiary alicyclic amines) is 1. The minimum Gasteiger partial charge on any atom is -0.444 e. The van der Waals surface area contributed by atoms with Crippen LogP contribution >= 0.6 is 0 Å². The number of carbonyl (C=O) groups excluding carboxylic acids is 3. The monoisotopic (exact) mass is 558 g/mol. The molecular weight excluding hydrogens is 508 g/mol. The summed E-state index contributed by atoms with van der Waals surface area (Å²) in [6.45, 7) is 12.2. The van der Waals surface area contributed by atoms with Gasteiger partial charge < -0.3 is 35.7 Å². The summed E-state index contributed by atoms with van der Waals surface area (Å²) >= 11 is 0. The van der Waals surface area contributed by atoms with Gasteiger partial charge in [0.15, 0.2) is 5.96 Å². The maximum atomic E-state index is 12.7. The summed E-state index contributed by atoms with van der Waals surface area (Å²) < 4.78 is 5.58. The molecule has 1 saturated heterocycles. The van der Waals surface area contributed by atoms with Crippen LogP contribution in [0.25, 0.3) is 0 Å². The number of unbranched alkanes of at least 4 members (excludes halogenated alkanes) is 2. The zero-order valence-corrected chi connectivity index (χ0v) is 25.0. The SMILES string of the molecule is CCCCNC(=O)NCc1ccc(CNC(=N)NC(C=O)(CCCC)C2CCCN(C(=O)OC(C)(C)C)C2)cc1. The third-order valence-electron chi connectivity index (χ3n) is 7.07. The van der Waals surface area contributed by atoms with Gasteiger partial charge in [0, 0.05) is 38.6 Å². The number of rotatable bonds is 13. The van der Waals surface area contributed by atoms with Crippen molar-refractivity contribution >= 4 is 24.4 Å². The number of benzene rings is 1. The van der Waals surface area contributed by atoms with Crippen molar-refractivity contribution in [3.8, 4) is 0 Å². The fourth-order valence-corrected chi connectivity index (χ4v) is 4.78. The molecule has 0 spiro atoms. The predicted octanol–water partition coefficient (Wildman–Crippen LogP) is 4.67. The molecule has 0 aromatic heterocycles. The van der Waals surface area contributed by atoms with E-state index in [1.807, 2.05) is 45.0 Å². The fourth-order valence-electron chi connectivity index (χ4n) is 4.78. The van der Waals surface area contributed by atoms with Crippen LogP contribution in [-0.2, 0) is 22.6 Å². The molecule has 1 heterocycles. The van der Waals surface area contributed by atoms with Gasteiger partial charge in [-0.25, -0.2) is 9.59 Å². The van der Waals surface area contributed by atoms with Crippen molar-refractivity contribution in [2.24, 2.45) is 5.92 Å². The van der Waals surface area contributed by atoms with Crippen LogP contribution in [0.3, 0.4) is 0 Å². The lowest BCUT2D eigenvalue weighted by Crippen LogP contribution is -2.61. The predicted molar refractivity (Wildman–Crippen MR) is 158 cm³/mol. The maximum absolute atomic E-state index is 12.7.